The van der Waals surface area contributed by atoms with Crippen molar-refractivity contribution in [3.8, 4) is 0 Å². The van der Waals surface area contributed by atoms with Crippen LogP contribution >= 0.6 is 11.6 Å². The molecule has 0 radical (unpaired) electrons. The third-order valence-corrected chi connectivity index (χ3v) is 2.05. The van der Waals surface area contributed by atoms with Gasteiger partial charge in [0.05, 0.1) is 5.56 Å². The number of H-pyrrole nitrogens is 1. The lowest BCUT2D eigenvalue weighted by Crippen LogP contribution is -2.06. The highest BCUT2D eigenvalue weighted by Gasteiger charge is 2.17. The number of ketones is 1. The van der Waals surface area contributed by atoms with Crippen LogP contribution in [-0.2, 0) is 4.79 Å². The van der Waals surface area contributed by atoms with E-state index in [9.17, 15) is 9.59 Å². The molecule has 0 aliphatic rings. The van der Waals surface area contributed by atoms with Gasteiger partial charge in [-0.1, -0.05) is 0 Å². The molecular formula is C9H5ClN2O2. The summed E-state index contributed by atoms with van der Waals surface area (Å²) in [4.78, 5) is 28.7. The van der Waals surface area contributed by atoms with Crippen molar-refractivity contribution >= 4 is 33.7 Å². The second kappa shape index (κ2) is 3.23. The third-order valence-electron chi connectivity index (χ3n) is 1.87. The van der Waals surface area contributed by atoms with Crippen molar-refractivity contribution in [1.29, 1.82) is 0 Å². The summed E-state index contributed by atoms with van der Waals surface area (Å²) in [5.74, 6) is -0.717. The molecule has 14 heavy (non-hydrogen) atoms. The Morgan fingerprint density at radius 1 is 1.43 bits per heavy atom. The average molecular weight is 209 g/mol. The van der Waals surface area contributed by atoms with Crippen LogP contribution in [0.2, 0.25) is 0 Å². The second-order valence-corrected chi connectivity index (χ2v) is 3.05. The molecule has 70 valence electrons. The van der Waals surface area contributed by atoms with Crippen molar-refractivity contribution < 1.29 is 9.59 Å². The number of aromatic amines is 1. The molecule has 0 bridgehead atoms. The zero-order valence-electron chi connectivity index (χ0n) is 6.95. The van der Waals surface area contributed by atoms with Gasteiger partial charge in [-0.15, -0.1) is 0 Å². The maximum atomic E-state index is 11.3. The van der Waals surface area contributed by atoms with Gasteiger partial charge in [0.25, 0.3) is 5.24 Å². The topological polar surface area (TPSA) is 62.8 Å². The van der Waals surface area contributed by atoms with Crippen LogP contribution in [0, 0.1) is 0 Å². The van der Waals surface area contributed by atoms with E-state index >= 15 is 0 Å². The van der Waals surface area contributed by atoms with Gasteiger partial charge in [0.2, 0.25) is 5.78 Å². The van der Waals surface area contributed by atoms with E-state index in [0.717, 1.165) is 0 Å². The number of halogens is 1. The molecule has 5 heteroatoms. The van der Waals surface area contributed by atoms with Gasteiger partial charge in [-0.3, -0.25) is 9.59 Å². The predicted octanol–water partition coefficient (Wildman–Crippen LogP) is 1.51. The van der Waals surface area contributed by atoms with Crippen molar-refractivity contribution in [2.24, 2.45) is 0 Å². The second-order valence-electron chi connectivity index (χ2n) is 2.70. The van der Waals surface area contributed by atoms with Crippen molar-refractivity contribution in [1.82, 2.24) is 9.97 Å². The lowest BCUT2D eigenvalue weighted by atomic mass is 10.1. The smallest absolute Gasteiger partial charge is 0.293 e. The Hall–Kier alpha value is -1.68. The van der Waals surface area contributed by atoms with Crippen LogP contribution in [0.5, 0.6) is 0 Å². The maximum Gasteiger partial charge on any atom is 0.293 e. The third kappa shape index (κ3) is 1.29. The Labute approximate surface area is 83.9 Å². The van der Waals surface area contributed by atoms with Gasteiger partial charge in [-0.05, 0) is 23.7 Å². The van der Waals surface area contributed by atoms with Crippen LogP contribution in [0.15, 0.2) is 24.5 Å². The highest BCUT2D eigenvalue weighted by atomic mass is 35.5. The lowest BCUT2D eigenvalue weighted by molar-refractivity contribution is -0.108. The van der Waals surface area contributed by atoms with E-state index in [-0.39, 0.29) is 5.56 Å². The molecule has 2 heterocycles. The molecule has 2 aromatic rings. The molecule has 2 rings (SSSR count). The van der Waals surface area contributed by atoms with E-state index in [0.29, 0.717) is 11.0 Å². The summed E-state index contributed by atoms with van der Waals surface area (Å²) >= 11 is 5.10. The van der Waals surface area contributed by atoms with Crippen molar-refractivity contribution in [3.05, 3.63) is 30.1 Å². The van der Waals surface area contributed by atoms with Crippen LogP contribution in [0.3, 0.4) is 0 Å². The maximum absolute atomic E-state index is 11.3. The number of pyridine rings is 1. The standard InChI is InChI=1S/C9H5ClN2O2/c10-8(14)7(13)6-4-12-9-5(6)2-1-3-11-9/h1-4H,(H,11,12). The Balaban J connectivity index is 2.64. The Morgan fingerprint density at radius 3 is 2.93 bits per heavy atom. The monoisotopic (exact) mass is 208 g/mol. The summed E-state index contributed by atoms with van der Waals surface area (Å²) in [5.41, 5.74) is 0.821. The van der Waals surface area contributed by atoms with Crippen molar-refractivity contribution in [2.75, 3.05) is 0 Å². The highest BCUT2D eigenvalue weighted by Crippen LogP contribution is 2.16. The minimum atomic E-state index is -0.991. The number of hydrogen-bond acceptors (Lipinski definition) is 3. The average Bonchev–Trinajstić information content (AvgIpc) is 2.60. The summed E-state index contributed by atoms with van der Waals surface area (Å²) in [6.45, 7) is 0. The lowest BCUT2D eigenvalue weighted by Gasteiger charge is -1.91. The Bertz CT molecular complexity index is 518. The Kier molecular flexibility index (Phi) is 2.05. The van der Waals surface area contributed by atoms with Gasteiger partial charge < -0.3 is 4.98 Å². The molecule has 0 amide bonds. The zero-order valence-corrected chi connectivity index (χ0v) is 7.71. The van der Waals surface area contributed by atoms with Crippen LogP contribution in [-0.4, -0.2) is 21.0 Å². The number of nitrogens with zero attached hydrogens (tertiary/aromatic N) is 1. The molecule has 0 saturated carbocycles. The van der Waals surface area contributed by atoms with Crippen LogP contribution < -0.4 is 0 Å². The minimum Gasteiger partial charge on any atom is -0.345 e. The molecule has 0 spiro atoms. The van der Waals surface area contributed by atoms with Gasteiger partial charge in [-0.25, -0.2) is 4.98 Å². The summed E-state index contributed by atoms with van der Waals surface area (Å²) < 4.78 is 0. The van der Waals surface area contributed by atoms with Gasteiger partial charge in [-0.2, -0.15) is 0 Å². The first-order chi connectivity index (χ1) is 6.70. The first-order valence-corrected chi connectivity index (χ1v) is 4.24. The molecule has 0 unspecified atom stereocenters. The Morgan fingerprint density at radius 2 is 2.21 bits per heavy atom. The molecule has 0 fully saturated rings. The molecule has 0 atom stereocenters. The molecule has 0 aliphatic carbocycles. The quantitative estimate of drug-likeness (QED) is 0.462. The van der Waals surface area contributed by atoms with Gasteiger partial charge in [0.15, 0.2) is 0 Å². The van der Waals surface area contributed by atoms with E-state index in [1.807, 2.05) is 0 Å². The molecule has 1 N–H and O–H groups in total. The zero-order chi connectivity index (χ0) is 10.1. The van der Waals surface area contributed by atoms with Crippen molar-refractivity contribution in [3.63, 3.8) is 0 Å². The molecule has 4 nitrogen and oxygen atoms in total. The SMILES string of the molecule is O=C(Cl)C(=O)c1c[nH]c2ncccc12. The summed E-state index contributed by atoms with van der Waals surface area (Å²) in [6.07, 6.45) is 3.02. The van der Waals surface area contributed by atoms with Gasteiger partial charge in [0, 0.05) is 17.8 Å². The first kappa shape index (κ1) is 8.90. The van der Waals surface area contributed by atoms with E-state index in [4.69, 9.17) is 11.6 Å². The number of carbonyl (C=O) groups excluding carboxylic acids is 2. The van der Waals surface area contributed by atoms with E-state index in [1.165, 1.54) is 6.20 Å². The number of carbonyl (C=O) groups is 2. The van der Waals surface area contributed by atoms with E-state index in [2.05, 4.69) is 9.97 Å². The fourth-order valence-corrected chi connectivity index (χ4v) is 1.35. The normalized spacial score (nSPS) is 10.4. The number of aromatic nitrogens is 2. The fraction of sp³-hybridized carbons (Fsp3) is 0. The molecule has 0 aromatic carbocycles. The molecule has 2 aromatic heterocycles. The van der Waals surface area contributed by atoms with Crippen molar-refractivity contribution in [2.45, 2.75) is 0 Å². The van der Waals surface area contributed by atoms with E-state index < -0.39 is 11.0 Å². The van der Waals surface area contributed by atoms with Crippen LogP contribution in [0.4, 0.5) is 0 Å². The van der Waals surface area contributed by atoms with Gasteiger partial charge in [0.1, 0.15) is 5.65 Å². The number of hydrogen-bond donors (Lipinski definition) is 1. The number of rotatable bonds is 2. The minimum absolute atomic E-state index is 0.258. The highest BCUT2D eigenvalue weighted by molar-refractivity contribution is 6.83. The molecule has 0 saturated heterocycles. The summed E-state index contributed by atoms with van der Waals surface area (Å²) in [6, 6.07) is 3.39. The van der Waals surface area contributed by atoms with Crippen LogP contribution in [0.25, 0.3) is 11.0 Å². The fourth-order valence-electron chi connectivity index (χ4n) is 1.25. The number of nitrogens with one attached hydrogen (secondary N) is 1. The number of Topliss-reactive ketones (excluding diaryl/α,β-unsaturated/α-hetero) is 1. The molecular weight excluding hydrogens is 204 g/mol. The number of fused-ring (bicyclic) bond motifs is 1. The summed E-state index contributed by atoms with van der Waals surface area (Å²) in [7, 11) is 0. The summed E-state index contributed by atoms with van der Waals surface area (Å²) in [5, 5.41) is -0.388. The first-order valence-electron chi connectivity index (χ1n) is 3.86. The van der Waals surface area contributed by atoms with Gasteiger partial charge >= 0.3 is 0 Å². The largest absolute Gasteiger partial charge is 0.345 e. The van der Waals surface area contributed by atoms with Crippen LogP contribution in [0.1, 0.15) is 10.4 Å². The molecule has 0 aliphatic heterocycles. The van der Waals surface area contributed by atoms with E-state index in [1.54, 1.807) is 18.3 Å². The predicted molar refractivity (Wildman–Crippen MR) is 51.3 cm³/mol.